The number of rotatable bonds is 4. The monoisotopic (exact) mass is 287 g/mol. The van der Waals surface area contributed by atoms with E-state index in [4.69, 9.17) is 0 Å². The number of imidazole rings is 1. The second-order valence-electron chi connectivity index (χ2n) is 5.72. The van der Waals surface area contributed by atoms with Crippen molar-refractivity contribution in [3.05, 3.63) is 35.7 Å². The van der Waals surface area contributed by atoms with Crippen LogP contribution in [0.3, 0.4) is 0 Å². The van der Waals surface area contributed by atoms with Crippen molar-refractivity contribution in [2.75, 3.05) is 13.1 Å². The molecular weight excluding hydrogens is 266 g/mol. The van der Waals surface area contributed by atoms with Gasteiger partial charge in [0.25, 0.3) is 0 Å². The predicted octanol–water partition coefficient (Wildman–Crippen LogP) is 1.40. The summed E-state index contributed by atoms with van der Waals surface area (Å²) in [5.41, 5.74) is 2.17. The molecule has 2 aromatic heterocycles. The van der Waals surface area contributed by atoms with E-state index in [1.165, 1.54) is 0 Å². The summed E-state index contributed by atoms with van der Waals surface area (Å²) in [5.74, 6) is 1.58. The largest absolute Gasteiger partial charge is 0.346 e. The smallest absolute Gasteiger partial charge is 0.222 e. The van der Waals surface area contributed by atoms with Gasteiger partial charge in [0.2, 0.25) is 5.91 Å². The second kappa shape index (κ2) is 5.71. The molecule has 1 aliphatic rings. The fourth-order valence-corrected chi connectivity index (χ4v) is 2.89. The highest BCUT2D eigenvalue weighted by atomic mass is 16.2. The number of H-pyrrole nitrogens is 1. The third-order valence-electron chi connectivity index (χ3n) is 4.17. The molecule has 3 rings (SSSR count). The molecular formula is C15H21N5O. The maximum Gasteiger partial charge on any atom is 0.222 e. The van der Waals surface area contributed by atoms with Crippen LogP contribution in [0.4, 0.5) is 0 Å². The molecule has 1 saturated heterocycles. The maximum atomic E-state index is 12.3. The van der Waals surface area contributed by atoms with Crippen LogP contribution in [0, 0.1) is 6.92 Å². The molecule has 1 unspecified atom stereocenters. The Morgan fingerprint density at radius 2 is 2.38 bits per heavy atom. The number of hydrogen-bond acceptors (Lipinski definition) is 3. The lowest BCUT2D eigenvalue weighted by atomic mass is 10.1. The molecule has 21 heavy (non-hydrogen) atoms. The van der Waals surface area contributed by atoms with Gasteiger partial charge in [-0.15, -0.1) is 0 Å². The summed E-state index contributed by atoms with van der Waals surface area (Å²) in [6.07, 6.45) is 5.90. The second-order valence-corrected chi connectivity index (χ2v) is 5.72. The Labute approximate surface area is 124 Å². The minimum absolute atomic E-state index is 0.224. The number of aromatic nitrogens is 4. The molecule has 1 N–H and O–H groups in total. The van der Waals surface area contributed by atoms with E-state index in [2.05, 4.69) is 15.1 Å². The number of amides is 1. The average molecular weight is 287 g/mol. The van der Waals surface area contributed by atoms with Crippen LogP contribution in [-0.4, -0.2) is 43.6 Å². The van der Waals surface area contributed by atoms with E-state index in [0.717, 1.165) is 43.1 Å². The van der Waals surface area contributed by atoms with Gasteiger partial charge in [-0.1, -0.05) is 0 Å². The normalized spacial score (nSPS) is 18.4. The van der Waals surface area contributed by atoms with Gasteiger partial charge in [-0.25, -0.2) is 4.98 Å². The van der Waals surface area contributed by atoms with Gasteiger partial charge in [0.1, 0.15) is 5.82 Å². The molecule has 0 aliphatic carbocycles. The van der Waals surface area contributed by atoms with Crippen LogP contribution in [0.2, 0.25) is 0 Å². The number of aromatic amines is 1. The van der Waals surface area contributed by atoms with Crippen LogP contribution >= 0.6 is 0 Å². The van der Waals surface area contributed by atoms with Crippen LogP contribution < -0.4 is 0 Å². The van der Waals surface area contributed by atoms with Crippen molar-refractivity contribution in [2.24, 2.45) is 7.05 Å². The van der Waals surface area contributed by atoms with Crippen LogP contribution in [-0.2, 0) is 18.3 Å². The van der Waals surface area contributed by atoms with Crippen molar-refractivity contribution in [2.45, 2.75) is 32.1 Å². The molecule has 2 aromatic rings. The zero-order valence-electron chi connectivity index (χ0n) is 12.5. The van der Waals surface area contributed by atoms with Gasteiger partial charge in [0, 0.05) is 56.3 Å². The van der Waals surface area contributed by atoms with E-state index in [0.29, 0.717) is 12.3 Å². The van der Waals surface area contributed by atoms with Crippen LogP contribution in [0.5, 0.6) is 0 Å². The van der Waals surface area contributed by atoms with Gasteiger partial charge in [-0.05, 0) is 25.8 Å². The minimum Gasteiger partial charge on any atom is -0.346 e. The fourth-order valence-electron chi connectivity index (χ4n) is 2.89. The molecule has 3 heterocycles. The summed E-state index contributed by atoms with van der Waals surface area (Å²) < 4.78 is 1.83. The van der Waals surface area contributed by atoms with Gasteiger partial charge in [0.05, 0.1) is 0 Å². The van der Waals surface area contributed by atoms with Gasteiger partial charge >= 0.3 is 0 Å². The van der Waals surface area contributed by atoms with Crippen molar-refractivity contribution in [1.29, 1.82) is 0 Å². The van der Waals surface area contributed by atoms with E-state index in [1.807, 2.05) is 35.8 Å². The molecule has 0 spiro atoms. The van der Waals surface area contributed by atoms with E-state index in [-0.39, 0.29) is 5.91 Å². The topological polar surface area (TPSA) is 66.8 Å². The van der Waals surface area contributed by atoms with Crippen molar-refractivity contribution in [3.8, 4) is 0 Å². The summed E-state index contributed by atoms with van der Waals surface area (Å²) in [6.45, 7) is 3.61. The first-order valence-corrected chi connectivity index (χ1v) is 7.39. The number of carbonyl (C=O) groups is 1. The lowest BCUT2D eigenvalue weighted by Crippen LogP contribution is -2.28. The first-order chi connectivity index (χ1) is 10.1. The molecule has 0 bridgehead atoms. The molecule has 1 fully saturated rings. The molecule has 1 atom stereocenters. The van der Waals surface area contributed by atoms with Crippen LogP contribution in [0.1, 0.15) is 36.0 Å². The van der Waals surface area contributed by atoms with E-state index in [1.54, 1.807) is 6.20 Å². The number of aryl methyl sites for hydroxylation is 3. The Bertz CT molecular complexity index is 630. The Kier molecular flexibility index (Phi) is 3.77. The Balaban J connectivity index is 1.53. The number of nitrogens with one attached hydrogen (secondary N) is 1. The van der Waals surface area contributed by atoms with Gasteiger partial charge < -0.3 is 9.88 Å². The van der Waals surface area contributed by atoms with Gasteiger partial charge in [0.15, 0.2) is 0 Å². The van der Waals surface area contributed by atoms with E-state index in [9.17, 15) is 4.79 Å². The highest BCUT2D eigenvalue weighted by Crippen LogP contribution is 2.25. The molecule has 112 valence electrons. The molecule has 1 amide bonds. The molecule has 6 nitrogen and oxygen atoms in total. The lowest BCUT2D eigenvalue weighted by molar-refractivity contribution is -0.130. The lowest BCUT2D eigenvalue weighted by Gasteiger charge is -2.16. The quantitative estimate of drug-likeness (QED) is 0.924. The number of carbonyl (C=O) groups excluding carboxylic acids is 1. The predicted molar refractivity (Wildman–Crippen MR) is 78.8 cm³/mol. The van der Waals surface area contributed by atoms with Gasteiger partial charge in [-0.2, -0.15) is 5.10 Å². The highest BCUT2D eigenvalue weighted by molar-refractivity contribution is 5.76. The third kappa shape index (κ3) is 2.99. The number of likely N-dealkylation sites (tertiary alicyclic amines) is 1. The Hall–Kier alpha value is -2.11. The maximum absolute atomic E-state index is 12.3. The molecule has 1 aliphatic heterocycles. The SMILES string of the molecule is Cc1cnc(C2CCN(C(=O)CCc3ccnn3C)C2)[nH]1. The summed E-state index contributed by atoms with van der Waals surface area (Å²) in [5, 5.41) is 4.13. The Morgan fingerprint density at radius 3 is 3.05 bits per heavy atom. The van der Waals surface area contributed by atoms with Crippen molar-refractivity contribution in [1.82, 2.24) is 24.6 Å². The summed E-state index contributed by atoms with van der Waals surface area (Å²) in [6, 6.07) is 1.96. The molecule has 0 saturated carbocycles. The molecule has 0 radical (unpaired) electrons. The summed E-state index contributed by atoms with van der Waals surface area (Å²) >= 11 is 0. The van der Waals surface area contributed by atoms with Gasteiger partial charge in [-0.3, -0.25) is 9.48 Å². The van der Waals surface area contributed by atoms with Crippen molar-refractivity contribution < 1.29 is 4.79 Å². The molecule has 6 heteroatoms. The highest BCUT2D eigenvalue weighted by Gasteiger charge is 2.28. The first-order valence-electron chi connectivity index (χ1n) is 7.39. The van der Waals surface area contributed by atoms with Crippen LogP contribution in [0.25, 0.3) is 0 Å². The number of hydrogen-bond donors (Lipinski definition) is 1. The standard InChI is InChI=1S/C15H21N5O/c1-11-9-16-15(18-11)12-6-8-20(10-12)14(21)4-3-13-5-7-17-19(13)2/h5,7,9,12H,3-4,6,8,10H2,1-2H3,(H,16,18). The summed E-state index contributed by atoms with van der Waals surface area (Å²) in [4.78, 5) is 21.9. The van der Waals surface area contributed by atoms with E-state index < -0.39 is 0 Å². The zero-order chi connectivity index (χ0) is 14.8. The zero-order valence-corrected chi connectivity index (χ0v) is 12.5. The summed E-state index contributed by atoms with van der Waals surface area (Å²) in [7, 11) is 1.91. The van der Waals surface area contributed by atoms with Crippen molar-refractivity contribution in [3.63, 3.8) is 0 Å². The van der Waals surface area contributed by atoms with E-state index >= 15 is 0 Å². The minimum atomic E-state index is 0.224. The van der Waals surface area contributed by atoms with Crippen molar-refractivity contribution >= 4 is 5.91 Å². The average Bonchev–Trinajstić information content (AvgIpc) is 3.16. The first kappa shape index (κ1) is 13.9. The number of nitrogens with zero attached hydrogens (tertiary/aromatic N) is 4. The molecule has 0 aromatic carbocycles. The third-order valence-corrected chi connectivity index (χ3v) is 4.17. The van der Waals surface area contributed by atoms with Crippen LogP contribution in [0.15, 0.2) is 18.5 Å². The fraction of sp³-hybridized carbons (Fsp3) is 0.533. The Morgan fingerprint density at radius 1 is 1.52 bits per heavy atom.